The van der Waals surface area contributed by atoms with Gasteiger partial charge in [-0.25, -0.2) is 9.97 Å². The molecule has 1 aliphatic rings. The second-order valence-electron chi connectivity index (χ2n) is 5.50. The first-order valence-corrected chi connectivity index (χ1v) is 6.92. The maximum absolute atomic E-state index is 4.68. The van der Waals surface area contributed by atoms with Gasteiger partial charge in [-0.15, -0.1) is 0 Å². The molecule has 1 saturated heterocycles. The van der Waals surface area contributed by atoms with E-state index in [1.54, 1.807) is 6.33 Å². The van der Waals surface area contributed by atoms with Crippen molar-refractivity contribution in [1.82, 2.24) is 24.4 Å². The Morgan fingerprint density at radius 3 is 3.05 bits per heavy atom. The van der Waals surface area contributed by atoms with Crippen LogP contribution in [0, 0.1) is 6.92 Å². The van der Waals surface area contributed by atoms with Crippen LogP contribution in [-0.2, 0) is 13.6 Å². The molecule has 0 bridgehead atoms. The van der Waals surface area contributed by atoms with E-state index >= 15 is 0 Å². The molecule has 2 aromatic heterocycles. The van der Waals surface area contributed by atoms with Crippen LogP contribution in [0.25, 0.3) is 0 Å². The topological polar surface area (TPSA) is 49.7 Å². The maximum atomic E-state index is 4.68. The van der Waals surface area contributed by atoms with Crippen molar-refractivity contribution in [3.63, 3.8) is 0 Å². The Hall–Kier alpha value is -1.62. The van der Waals surface area contributed by atoms with Crippen molar-refractivity contribution in [2.75, 3.05) is 13.1 Å². The quantitative estimate of drug-likeness (QED) is 0.915. The highest BCUT2D eigenvalue weighted by Gasteiger charge is 2.24. The molecule has 1 fully saturated rings. The summed E-state index contributed by atoms with van der Waals surface area (Å²) in [7, 11) is 2.10. The lowest BCUT2D eigenvalue weighted by Gasteiger charge is -2.31. The third kappa shape index (κ3) is 2.71. The van der Waals surface area contributed by atoms with Crippen molar-refractivity contribution in [2.45, 2.75) is 32.2 Å². The van der Waals surface area contributed by atoms with Gasteiger partial charge in [-0.3, -0.25) is 4.90 Å². The van der Waals surface area contributed by atoms with Crippen molar-refractivity contribution >= 4 is 0 Å². The lowest BCUT2D eigenvalue weighted by molar-refractivity contribution is 0.193. The highest BCUT2D eigenvalue weighted by Crippen LogP contribution is 2.26. The van der Waals surface area contributed by atoms with Crippen LogP contribution in [0.4, 0.5) is 0 Å². The first-order valence-electron chi connectivity index (χ1n) is 6.92. The van der Waals surface area contributed by atoms with E-state index in [1.807, 2.05) is 6.20 Å². The molecule has 3 rings (SSSR count). The SMILES string of the molecule is Cc1cn(C)c([C@@H]2CCCN(Cc3cnc[nH]3)C2)n1. The third-order valence-electron chi connectivity index (χ3n) is 3.85. The molecule has 1 N–H and O–H groups in total. The van der Waals surface area contributed by atoms with Gasteiger partial charge in [0.25, 0.3) is 0 Å². The van der Waals surface area contributed by atoms with Gasteiger partial charge in [-0.05, 0) is 26.3 Å². The molecular formula is C14H21N5. The number of aryl methyl sites for hydroxylation is 2. The fraction of sp³-hybridized carbons (Fsp3) is 0.571. The van der Waals surface area contributed by atoms with E-state index in [0.29, 0.717) is 5.92 Å². The number of nitrogens with one attached hydrogen (secondary N) is 1. The van der Waals surface area contributed by atoms with Gasteiger partial charge < -0.3 is 9.55 Å². The number of aromatic nitrogens is 4. The molecule has 1 aliphatic heterocycles. The Kier molecular flexibility index (Phi) is 3.38. The van der Waals surface area contributed by atoms with Gasteiger partial charge in [-0.2, -0.15) is 0 Å². The first-order chi connectivity index (χ1) is 9.22. The fourth-order valence-corrected chi connectivity index (χ4v) is 3.04. The second-order valence-corrected chi connectivity index (χ2v) is 5.50. The summed E-state index contributed by atoms with van der Waals surface area (Å²) in [6.07, 6.45) is 8.26. The average molecular weight is 259 g/mol. The van der Waals surface area contributed by atoms with Crippen LogP contribution in [0.2, 0.25) is 0 Å². The van der Waals surface area contributed by atoms with Crippen LogP contribution in [0.1, 0.15) is 36.0 Å². The minimum atomic E-state index is 0.551. The van der Waals surface area contributed by atoms with E-state index in [0.717, 1.165) is 18.8 Å². The lowest BCUT2D eigenvalue weighted by Crippen LogP contribution is -2.34. The molecular weight excluding hydrogens is 238 g/mol. The van der Waals surface area contributed by atoms with Crippen LogP contribution >= 0.6 is 0 Å². The zero-order chi connectivity index (χ0) is 13.2. The van der Waals surface area contributed by atoms with E-state index in [-0.39, 0.29) is 0 Å². The number of hydrogen-bond acceptors (Lipinski definition) is 3. The van der Waals surface area contributed by atoms with E-state index in [4.69, 9.17) is 0 Å². The standard InChI is InChI=1S/C14H21N5/c1-11-7-18(2)14(17-11)12-4-3-5-19(8-12)9-13-6-15-10-16-13/h6-7,10,12H,3-5,8-9H2,1-2H3,(H,15,16)/t12-/m1/s1. The van der Waals surface area contributed by atoms with Gasteiger partial charge in [0.2, 0.25) is 0 Å². The molecule has 0 saturated carbocycles. The number of rotatable bonds is 3. The molecule has 0 spiro atoms. The number of aromatic amines is 1. The Balaban J connectivity index is 1.69. The Morgan fingerprint density at radius 1 is 1.47 bits per heavy atom. The summed E-state index contributed by atoms with van der Waals surface area (Å²) in [4.78, 5) is 14.4. The van der Waals surface area contributed by atoms with Crippen LogP contribution in [-0.4, -0.2) is 37.5 Å². The predicted molar refractivity (Wildman–Crippen MR) is 73.8 cm³/mol. The number of nitrogens with zero attached hydrogens (tertiary/aromatic N) is 4. The Labute approximate surface area is 113 Å². The van der Waals surface area contributed by atoms with Crippen LogP contribution in [0.5, 0.6) is 0 Å². The average Bonchev–Trinajstić information content (AvgIpc) is 2.99. The van der Waals surface area contributed by atoms with Gasteiger partial charge in [0.15, 0.2) is 0 Å². The monoisotopic (exact) mass is 259 g/mol. The van der Waals surface area contributed by atoms with Crippen molar-refractivity contribution in [2.24, 2.45) is 7.05 Å². The fourth-order valence-electron chi connectivity index (χ4n) is 3.04. The smallest absolute Gasteiger partial charge is 0.113 e. The van der Waals surface area contributed by atoms with E-state index in [2.05, 4.69) is 44.6 Å². The number of hydrogen-bond donors (Lipinski definition) is 1. The molecule has 0 aromatic carbocycles. The summed E-state index contributed by atoms with van der Waals surface area (Å²) in [6.45, 7) is 5.27. The minimum absolute atomic E-state index is 0.551. The second kappa shape index (κ2) is 5.17. The first kappa shape index (κ1) is 12.4. The van der Waals surface area contributed by atoms with Gasteiger partial charge in [-0.1, -0.05) is 0 Å². The van der Waals surface area contributed by atoms with Gasteiger partial charge >= 0.3 is 0 Å². The van der Waals surface area contributed by atoms with Crippen molar-refractivity contribution < 1.29 is 0 Å². The highest BCUT2D eigenvalue weighted by atomic mass is 15.2. The van der Waals surface area contributed by atoms with E-state index in [1.165, 1.54) is 30.9 Å². The molecule has 1 atom stereocenters. The summed E-state index contributed by atoms with van der Waals surface area (Å²) >= 11 is 0. The van der Waals surface area contributed by atoms with Crippen LogP contribution < -0.4 is 0 Å². The van der Waals surface area contributed by atoms with Crippen molar-refractivity contribution in [3.8, 4) is 0 Å². The van der Waals surface area contributed by atoms with Crippen LogP contribution in [0.3, 0.4) is 0 Å². The number of H-pyrrole nitrogens is 1. The molecule has 3 heterocycles. The predicted octanol–water partition coefficient (Wildman–Crippen LogP) is 1.83. The third-order valence-corrected chi connectivity index (χ3v) is 3.85. The van der Waals surface area contributed by atoms with E-state index < -0.39 is 0 Å². The molecule has 19 heavy (non-hydrogen) atoms. The normalized spacial score (nSPS) is 20.8. The van der Waals surface area contributed by atoms with Gasteiger partial charge in [0, 0.05) is 44.1 Å². The molecule has 5 heteroatoms. The molecule has 0 unspecified atom stereocenters. The molecule has 102 valence electrons. The van der Waals surface area contributed by atoms with Crippen molar-refractivity contribution in [1.29, 1.82) is 0 Å². The summed E-state index contributed by atoms with van der Waals surface area (Å²) in [6, 6.07) is 0. The Morgan fingerprint density at radius 2 is 2.37 bits per heavy atom. The molecule has 0 amide bonds. The van der Waals surface area contributed by atoms with E-state index in [9.17, 15) is 0 Å². The lowest BCUT2D eigenvalue weighted by atomic mass is 9.97. The highest BCUT2D eigenvalue weighted by molar-refractivity contribution is 5.08. The Bertz CT molecular complexity index is 528. The van der Waals surface area contributed by atoms with Crippen LogP contribution in [0.15, 0.2) is 18.7 Å². The maximum Gasteiger partial charge on any atom is 0.113 e. The number of likely N-dealkylation sites (tertiary alicyclic amines) is 1. The zero-order valence-corrected chi connectivity index (χ0v) is 11.6. The summed E-state index contributed by atoms with van der Waals surface area (Å²) in [5.41, 5.74) is 2.31. The van der Waals surface area contributed by atoms with Crippen molar-refractivity contribution in [3.05, 3.63) is 35.9 Å². The number of piperidine rings is 1. The number of imidazole rings is 2. The summed E-state index contributed by atoms with van der Waals surface area (Å²) in [5, 5.41) is 0. The minimum Gasteiger partial charge on any atom is -0.347 e. The summed E-state index contributed by atoms with van der Waals surface area (Å²) < 4.78 is 2.18. The molecule has 0 aliphatic carbocycles. The molecule has 0 radical (unpaired) electrons. The van der Waals surface area contributed by atoms with Gasteiger partial charge in [0.05, 0.1) is 12.0 Å². The van der Waals surface area contributed by atoms with Gasteiger partial charge in [0.1, 0.15) is 5.82 Å². The summed E-state index contributed by atoms with van der Waals surface area (Å²) in [5.74, 6) is 1.78. The molecule has 2 aromatic rings. The largest absolute Gasteiger partial charge is 0.347 e. The molecule has 5 nitrogen and oxygen atoms in total. The zero-order valence-electron chi connectivity index (χ0n) is 11.6.